The summed E-state index contributed by atoms with van der Waals surface area (Å²) in [6.07, 6.45) is 5.88. The van der Waals surface area contributed by atoms with Gasteiger partial charge in [0, 0.05) is 5.56 Å². The lowest BCUT2D eigenvalue weighted by Crippen LogP contribution is -2.26. The fourth-order valence-corrected chi connectivity index (χ4v) is 2.65. The second-order valence-corrected chi connectivity index (χ2v) is 5.41. The van der Waals surface area contributed by atoms with Gasteiger partial charge in [-0.1, -0.05) is 24.3 Å². The van der Waals surface area contributed by atoms with Crippen molar-refractivity contribution in [3.8, 4) is 5.75 Å². The predicted molar refractivity (Wildman–Crippen MR) is 92.3 cm³/mol. The number of phenolic OH excluding ortho intramolecular Hbond substituents is 1. The highest BCUT2D eigenvalue weighted by molar-refractivity contribution is 5.93. The van der Waals surface area contributed by atoms with Crippen LogP contribution in [0.2, 0.25) is 0 Å². The Morgan fingerprint density at radius 2 is 1.42 bits per heavy atom. The van der Waals surface area contributed by atoms with Gasteiger partial charge in [-0.3, -0.25) is 9.59 Å². The highest BCUT2D eigenvalue weighted by Gasteiger charge is 2.29. The van der Waals surface area contributed by atoms with Gasteiger partial charge in [-0.25, -0.2) is 0 Å². The van der Waals surface area contributed by atoms with Gasteiger partial charge in [0.15, 0.2) is 5.92 Å². The van der Waals surface area contributed by atoms with E-state index in [1.807, 2.05) is 0 Å². The molecule has 0 saturated carbocycles. The Balaban J connectivity index is 3.57. The van der Waals surface area contributed by atoms with Gasteiger partial charge >= 0.3 is 11.9 Å². The van der Waals surface area contributed by atoms with Gasteiger partial charge in [0.1, 0.15) is 5.75 Å². The summed E-state index contributed by atoms with van der Waals surface area (Å²) in [5.74, 6) is -4.37. The molecule has 0 spiro atoms. The molecule has 5 nitrogen and oxygen atoms in total. The monoisotopic (exact) mass is 330 g/mol. The number of hydrogen-bond donors (Lipinski definition) is 3. The molecule has 24 heavy (non-hydrogen) atoms. The first-order valence-corrected chi connectivity index (χ1v) is 7.51. The van der Waals surface area contributed by atoms with Gasteiger partial charge in [-0.2, -0.15) is 0 Å². The average Bonchev–Trinajstić information content (AvgIpc) is 2.51. The number of carboxylic acid groups (broad SMARTS) is 2. The number of hydrogen-bond acceptors (Lipinski definition) is 3. The highest BCUT2D eigenvalue weighted by atomic mass is 16.4. The normalized spacial score (nSPS) is 10.4. The first-order chi connectivity index (χ1) is 11.4. The van der Waals surface area contributed by atoms with Crippen LogP contribution in [-0.2, 0) is 35.3 Å². The van der Waals surface area contributed by atoms with E-state index in [1.54, 1.807) is 24.3 Å². The Bertz CT molecular complexity index is 659. The molecule has 1 aromatic carbocycles. The van der Waals surface area contributed by atoms with Crippen LogP contribution in [0.25, 0.3) is 0 Å². The third-order valence-electron chi connectivity index (χ3n) is 3.77. The van der Waals surface area contributed by atoms with E-state index in [1.165, 1.54) is 0 Å². The standard InChI is InChI=1S/C19H22O5/c1-4-7-12-10-13(8-5-2)17(20)14(9-6-3)15(12)11-16(18(21)22)19(23)24/h4-6,10,16,20H,1-3,7-9,11H2,(H,21,22)(H,23,24). The van der Waals surface area contributed by atoms with Crippen molar-refractivity contribution in [1.82, 2.24) is 0 Å². The summed E-state index contributed by atoms with van der Waals surface area (Å²) in [5.41, 5.74) is 2.44. The summed E-state index contributed by atoms with van der Waals surface area (Å²) in [6.45, 7) is 11.0. The zero-order valence-corrected chi connectivity index (χ0v) is 13.5. The summed E-state index contributed by atoms with van der Waals surface area (Å²) in [4.78, 5) is 22.5. The first-order valence-electron chi connectivity index (χ1n) is 7.51. The third-order valence-corrected chi connectivity index (χ3v) is 3.77. The number of aromatic hydroxyl groups is 1. The van der Waals surface area contributed by atoms with Crippen molar-refractivity contribution in [2.24, 2.45) is 5.92 Å². The third kappa shape index (κ3) is 4.35. The second kappa shape index (κ2) is 8.72. The molecule has 0 aromatic heterocycles. The Kier molecular flexibility index (Phi) is 6.98. The average molecular weight is 330 g/mol. The fraction of sp³-hybridized carbons (Fsp3) is 0.263. The molecular formula is C19H22O5. The van der Waals surface area contributed by atoms with Crippen molar-refractivity contribution in [3.63, 3.8) is 0 Å². The quantitative estimate of drug-likeness (QED) is 0.453. The van der Waals surface area contributed by atoms with Gasteiger partial charge in [-0.15, -0.1) is 19.7 Å². The summed E-state index contributed by atoms with van der Waals surface area (Å²) in [6, 6.07) is 1.75. The minimum atomic E-state index is -1.58. The Labute approximate surface area is 141 Å². The number of phenols is 1. The maximum Gasteiger partial charge on any atom is 0.318 e. The van der Waals surface area contributed by atoms with Gasteiger partial charge in [0.05, 0.1) is 0 Å². The van der Waals surface area contributed by atoms with Crippen molar-refractivity contribution in [2.45, 2.75) is 25.7 Å². The molecule has 1 aromatic rings. The topological polar surface area (TPSA) is 94.8 Å². The van der Waals surface area contributed by atoms with Crippen LogP contribution in [-0.4, -0.2) is 27.3 Å². The lowest BCUT2D eigenvalue weighted by molar-refractivity contribution is -0.154. The summed E-state index contributed by atoms with van der Waals surface area (Å²) < 4.78 is 0. The molecular weight excluding hydrogens is 308 g/mol. The summed E-state index contributed by atoms with van der Waals surface area (Å²) in [5, 5.41) is 28.8. The number of rotatable bonds is 10. The molecule has 3 N–H and O–H groups in total. The first kappa shape index (κ1) is 19.2. The van der Waals surface area contributed by atoms with Crippen molar-refractivity contribution >= 4 is 11.9 Å². The minimum absolute atomic E-state index is 0.0344. The molecule has 0 amide bonds. The molecule has 0 radical (unpaired) electrons. The van der Waals surface area contributed by atoms with E-state index in [0.29, 0.717) is 36.0 Å². The number of carbonyl (C=O) groups is 2. The van der Waals surface area contributed by atoms with Gasteiger partial charge in [0.2, 0.25) is 0 Å². The molecule has 0 aliphatic rings. The number of benzene rings is 1. The van der Waals surface area contributed by atoms with Crippen molar-refractivity contribution in [2.75, 3.05) is 0 Å². The van der Waals surface area contributed by atoms with Gasteiger partial charge in [0.25, 0.3) is 0 Å². The van der Waals surface area contributed by atoms with E-state index in [-0.39, 0.29) is 12.2 Å². The van der Waals surface area contributed by atoms with Crippen molar-refractivity contribution < 1.29 is 24.9 Å². The molecule has 128 valence electrons. The highest BCUT2D eigenvalue weighted by Crippen LogP contribution is 2.33. The zero-order chi connectivity index (χ0) is 18.3. The van der Waals surface area contributed by atoms with Crippen LogP contribution in [0.5, 0.6) is 5.75 Å². The molecule has 0 fully saturated rings. The van der Waals surface area contributed by atoms with Crippen LogP contribution < -0.4 is 0 Å². The summed E-state index contributed by atoms with van der Waals surface area (Å²) in [7, 11) is 0. The van der Waals surface area contributed by atoms with Crippen molar-refractivity contribution in [1.29, 1.82) is 0 Å². The number of aliphatic carboxylic acids is 2. The molecule has 1 rings (SSSR count). The molecule has 0 atom stereocenters. The molecule has 0 unspecified atom stereocenters. The molecule has 0 aliphatic heterocycles. The van der Waals surface area contributed by atoms with Gasteiger partial charge < -0.3 is 15.3 Å². The molecule has 5 heteroatoms. The molecule has 0 heterocycles. The smallest absolute Gasteiger partial charge is 0.318 e. The largest absolute Gasteiger partial charge is 0.507 e. The Hall–Kier alpha value is -2.82. The van der Waals surface area contributed by atoms with Crippen LogP contribution in [0.15, 0.2) is 44.0 Å². The zero-order valence-electron chi connectivity index (χ0n) is 13.5. The lowest BCUT2D eigenvalue weighted by Gasteiger charge is -2.19. The lowest BCUT2D eigenvalue weighted by atomic mass is 9.86. The SMILES string of the molecule is C=CCc1cc(CC=C)c(CC(C(=O)O)C(=O)O)c(CC=C)c1O. The minimum Gasteiger partial charge on any atom is -0.507 e. The van der Waals surface area contributed by atoms with Crippen LogP contribution >= 0.6 is 0 Å². The van der Waals surface area contributed by atoms with Crippen LogP contribution in [0.1, 0.15) is 22.3 Å². The van der Waals surface area contributed by atoms with E-state index >= 15 is 0 Å². The fourth-order valence-electron chi connectivity index (χ4n) is 2.65. The van der Waals surface area contributed by atoms with E-state index in [9.17, 15) is 14.7 Å². The number of allylic oxidation sites excluding steroid dienone is 3. The Morgan fingerprint density at radius 1 is 0.917 bits per heavy atom. The Morgan fingerprint density at radius 3 is 1.88 bits per heavy atom. The van der Waals surface area contributed by atoms with Crippen LogP contribution in [0.3, 0.4) is 0 Å². The van der Waals surface area contributed by atoms with E-state index in [0.717, 1.165) is 5.56 Å². The van der Waals surface area contributed by atoms with Crippen molar-refractivity contribution in [3.05, 3.63) is 66.3 Å². The number of carboxylic acids is 2. The van der Waals surface area contributed by atoms with E-state index in [4.69, 9.17) is 10.2 Å². The van der Waals surface area contributed by atoms with Crippen LogP contribution in [0.4, 0.5) is 0 Å². The maximum absolute atomic E-state index is 11.2. The maximum atomic E-state index is 11.2. The predicted octanol–water partition coefficient (Wildman–Crippen LogP) is 2.91. The van der Waals surface area contributed by atoms with E-state index in [2.05, 4.69) is 19.7 Å². The van der Waals surface area contributed by atoms with Gasteiger partial charge in [-0.05, 0) is 42.4 Å². The van der Waals surface area contributed by atoms with E-state index < -0.39 is 17.9 Å². The molecule has 0 saturated heterocycles. The second-order valence-electron chi connectivity index (χ2n) is 5.41. The molecule has 0 aliphatic carbocycles. The summed E-state index contributed by atoms with van der Waals surface area (Å²) >= 11 is 0. The molecule has 0 bridgehead atoms. The van der Waals surface area contributed by atoms with Crippen LogP contribution in [0, 0.1) is 5.92 Å².